The van der Waals surface area contributed by atoms with E-state index < -0.39 is 5.54 Å². The molecule has 1 heterocycles. The number of nitrogens with two attached hydrogens (primary N) is 1. The zero-order valence-corrected chi connectivity index (χ0v) is 11.6. The van der Waals surface area contributed by atoms with Gasteiger partial charge in [-0.2, -0.15) is 0 Å². The van der Waals surface area contributed by atoms with Crippen LogP contribution in [0.25, 0.3) is 0 Å². The molecule has 2 amide bonds. The first-order valence-corrected chi connectivity index (χ1v) is 6.38. The van der Waals surface area contributed by atoms with Crippen LogP contribution in [0.1, 0.15) is 25.5 Å². The maximum atomic E-state index is 12.0. The Morgan fingerprint density at radius 1 is 1.47 bits per heavy atom. The molecule has 5 nitrogen and oxygen atoms in total. The van der Waals surface area contributed by atoms with Crippen LogP contribution in [-0.4, -0.2) is 36.7 Å². The van der Waals surface area contributed by atoms with Crippen LogP contribution in [0.2, 0.25) is 0 Å². The van der Waals surface area contributed by atoms with Crippen LogP contribution in [0.3, 0.4) is 0 Å². The molecule has 1 fully saturated rings. The highest BCUT2D eigenvalue weighted by Gasteiger charge is 2.33. The lowest BCUT2D eigenvalue weighted by Gasteiger charge is -2.25. The van der Waals surface area contributed by atoms with Crippen molar-refractivity contribution in [2.45, 2.75) is 25.4 Å². The maximum Gasteiger partial charge on any atom is 0.318 e. The van der Waals surface area contributed by atoms with Crippen LogP contribution in [-0.2, 0) is 0 Å². The average Bonchev–Trinajstić information content (AvgIpc) is 2.68. The van der Waals surface area contributed by atoms with E-state index in [2.05, 4.69) is 5.32 Å². The number of para-hydroxylation sites is 1. The van der Waals surface area contributed by atoms with Crippen LogP contribution in [0.5, 0.6) is 5.75 Å². The van der Waals surface area contributed by atoms with Gasteiger partial charge in [-0.05, 0) is 19.9 Å². The average molecular weight is 263 g/mol. The first-order chi connectivity index (χ1) is 8.90. The monoisotopic (exact) mass is 263 g/mol. The first-order valence-electron chi connectivity index (χ1n) is 6.38. The highest BCUT2D eigenvalue weighted by molar-refractivity contribution is 5.77. The van der Waals surface area contributed by atoms with E-state index >= 15 is 0 Å². The summed E-state index contributed by atoms with van der Waals surface area (Å²) >= 11 is 0. The summed E-state index contributed by atoms with van der Waals surface area (Å²) in [6, 6.07) is 7.61. The van der Waals surface area contributed by atoms with Gasteiger partial charge in [-0.15, -0.1) is 0 Å². The number of methoxy groups -OCH3 is 1. The number of rotatable bonds is 4. The Hall–Kier alpha value is -1.75. The van der Waals surface area contributed by atoms with Crippen molar-refractivity contribution in [2.75, 3.05) is 20.2 Å². The van der Waals surface area contributed by atoms with Crippen molar-refractivity contribution in [3.63, 3.8) is 0 Å². The highest BCUT2D eigenvalue weighted by Crippen LogP contribution is 2.28. The fourth-order valence-electron chi connectivity index (χ4n) is 2.35. The van der Waals surface area contributed by atoms with E-state index in [-0.39, 0.29) is 12.1 Å². The molecular weight excluding hydrogens is 242 g/mol. The lowest BCUT2D eigenvalue weighted by molar-refractivity contribution is 0.207. The van der Waals surface area contributed by atoms with Crippen molar-refractivity contribution in [3.8, 4) is 5.75 Å². The minimum absolute atomic E-state index is 0.0500. The Morgan fingerprint density at radius 3 is 2.79 bits per heavy atom. The van der Waals surface area contributed by atoms with E-state index in [1.807, 2.05) is 38.1 Å². The number of urea groups is 1. The smallest absolute Gasteiger partial charge is 0.318 e. The fourth-order valence-corrected chi connectivity index (χ4v) is 2.35. The molecule has 104 valence electrons. The lowest BCUT2D eigenvalue weighted by atomic mass is 10.0. The molecule has 1 aromatic rings. The topological polar surface area (TPSA) is 67.6 Å². The van der Waals surface area contributed by atoms with Gasteiger partial charge >= 0.3 is 6.03 Å². The Bertz CT molecular complexity index is 468. The van der Waals surface area contributed by atoms with E-state index in [9.17, 15) is 4.79 Å². The minimum atomic E-state index is -0.396. The molecular formula is C14H21N3O2. The number of amides is 2. The van der Waals surface area contributed by atoms with E-state index in [1.54, 1.807) is 12.0 Å². The van der Waals surface area contributed by atoms with Gasteiger partial charge in [0.15, 0.2) is 0 Å². The number of ether oxygens (including phenoxy) is 1. The largest absolute Gasteiger partial charge is 0.496 e. The van der Waals surface area contributed by atoms with E-state index in [0.29, 0.717) is 13.1 Å². The van der Waals surface area contributed by atoms with Gasteiger partial charge in [0.25, 0.3) is 0 Å². The van der Waals surface area contributed by atoms with Crippen LogP contribution in [0, 0.1) is 0 Å². The predicted octanol–water partition coefficient (Wildman–Crippen LogP) is 1.50. The van der Waals surface area contributed by atoms with E-state index in [0.717, 1.165) is 11.3 Å². The first kappa shape index (κ1) is 13.7. The van der Waals surface area contributed by atoms with Gasteiger partial charge in [0.1, 0.15) is 5.75 Å². The number of carbonyl (C=O) groups excluding carboxylic acids is 1. The molecule has 0 spiro atoms. The van der Waals surface area contributed by atoms with Crippen molar-refractivity contribution in [1.29, 1.82) is 0 Å². The van der Waals surface area contributed by atoms with Gasteiger partial charge in [0.05, 0.1) is 13.2 Å². The molecule has 0 aromatic heterocycles. The summed E-state index contributed by atoms with van der Waals surface area (Å²) in [6.07, 6.45) is 0. The molecule has 1 aliphatic rings. The van der Waals surface area contributed by atoms with Crippen LogP contribution >= 0.6 is 0 Å². The second-order valence-corrected chi connectivity index (χ2v) is 5.61. The quantitative estimate of drug-likeness (QED) is 0.865. The third-order valence-electron chi connectivity index (χ3n) is 3.10. The second kappa shape index (κ2) is 5.09. The summed E-state index contributed by atoms with van der Waals surface area (Å²) in [5, 5.41) is 2.97. The minimum Gasteiger partial charge on any atom is -0.496 e. The summed E-state index contributed by atoms with van der Waals surface area (Å²) < 4.78 is 5.33. The van der Waals surface area contributed by atoms with Gasteiger partial charge in [0.2, 0.25) is 0 Å². The zero-order chi connectivity index (χ0) is 14.0. The molecule has 1 aliphatic heterocycles. The Kier molecular flexibility index (Phi) is 3.66. The van der Waals surface area contributed by atoms with E-state index in [4.69, 9.17) is 10.5 Å². The molecule has 1 unspecified atom stereocenters. The number of benzene rings is 1. The Labute approximate surface area is 113 Å². The van der Waals surface area contributed by atoms with Gasteiger partial charge < -0.3 is 20.7 Å². The molecule has 3 N–H and O–H groups in total. The van der Waals surface area contributed by atoms with Crippen molar-refractivity contribution >= 4 is 6.03 Å². The normalized spacial score (nSPS) is 19.5. The van der Waals surface area contributed by atoms with Crippen LogP contribution < -0.4 is 15.8 Å². The van der Waals surface area contributed by atoms with Crippen LogP contribution in [0.15, 0.2) is 24.3 Å². The van der Waals surface area contributed by atoms with Crippen LogP contribution in [0.4, 0.5) is 4.79 Å². The summed E-state index contributed by atoms with van der Waals surface area (Å²) in [6.45, 7) is 4.97. The second-order valence-electron chi connectivity index (χ2n) is 5.61. The summed E-state index contributed by atoms with van der Waals surface area (Å²) in [5.74, 6) is 0.793. The molecule has 1 aromatic carbocycles. The van der Waals surface area contributed by atoms with E-state index in [1.165, 1.54) is 0 Å². The third-order valence-corrected chi connectivity index (χ3v) is 3.10. The number of carbonyl (C=O) groups is 1. The van der Waals surface area contributed by atoms with Gasteiger partial charge in [-0.25, -0.2) is 4.79 Å². The molecule has 1 atom stereocenters. The number of hydrogen-bond donors (Lipinski definition) is 2. The Morgan fingerprint density at radius 2 is 2.16 bits per heavy atom. The van der Waals surface area contributed by atoms with Gasteiger partial charge in [-0.3, -0.25) is 0 Å². The maximum absolute atomic E-state index is 12.0. The third kappa shape index (κ3) is 3.17. The fraction of sp³-hybridized carbons (Fsp3) is 0.500. The number of hydrogen-bond acceptors (Lipinski definition) is 3. The predicted molar refractivity (Wildman–Crippen MR) is 74.1 cm³/mol. The highest BCUT2D eigenvalue weighted by atomic mass is 16.5. The van der Waals surface area contributed by atoms with Gasteiger partial charge in [-0.1, -0.05) is 18.2 Å². The molecule has 0 saturated carbocycles. The SMILES string of the molecule is COc1ccccc1C1CN(CC(C)(C)N)C(=O)N1. The molecule has 0 aliphatic carbocycles. The molecule has 19 heavy (non-hydrogen) atoms. The van der Waals surface area contributed by atoms with Crippen molar-refractivity contribution in [2.24, 2.45) is 5.73 Å². The lowest BCUT2D eigenvalue weighted by Crippen LogP contribution is -2.46. The number of nitrogens with zero attached hydrogens (tertiary/aromatic N) is 1. The van der Waals surface area contributed by atoms with Crippen molar-refractivity contribution in [1.82, 2.24) is 10.2 Å². The van der Waals surface area contributed by atoms with Crippen molar-refractivity contribution < 1.29 is 9.53 Å². The molecule has 5 heteroatoms. The summed E-state index contributed by atoms with van der Waals surface area (Å²) in [5.41, 5.74) is 6.57. The molecule has 1 saturated heterocycles. The molecule has 0 bridgehead atoms. The summed E-state index contributed by atoms with van der Waals surface area (Å²) in [4.78, 5) is 13.7. The molecule has 0 radical (unpaired) electrons. The number of nitrogens with one attached hydrogen (secondary N) is 1. The summed E-state index contributed by atoms with van der Waals surface area (Å²) in [7, 11) is 1.64. The standard InChI is InChI=1S/C14H21N3O2/c1-14(2,15)9-17-8-11(16-13(17)18)10-6-4-5-7-12(10)19-3/h4-7,11H,8-9,15H2,1-3H3,(H,16,18). The van der Waals surface area contributed by atoms with Crippen molar-refractivity contribution in [3.05, 3.63) is 29.8 Å². The van der Waals surface area contributed by atoms with Gasteiger partial charge in [0, 0.05) is 24.2 Å². The molecule has 2 rings (SSSR count). The zero-order valence-electron chi connectivity index (χ0n) is 11.6. The Balaban J connectivity index is 2.14.